The quantitative estimate of drug-likeness (QED) is 0.652. The Hall–Kier alpha value is -1.86. The fraction of sp³-hybridized carbons (Fsp3) is 0.357. The van der Waals surface area contributed by atoms with E-state index in [2.05, 4.69) is 32.7 Å². The van der Waals surface area contributed by atoms with E-state index in [1.807, 2.05) is 18.2 Å². The molecular weight excluding hydrogens is 288 g/mol. The van der Waals surface area contributed by atoms with E-state index in [0.717, 1.165) is 22.7 Å². The van der Waals surface area contributed by atoms with Crippen LogP contribution >= 0.6 is 11.8 Å². The molecule has 0 radical (unpaired) electrons. The summed E-state index contributed by atoms with van der Waals surface area (Å²) in [7, 11) is 1.60. The van der Waals surface area contributed by atoms with Crippen molar-refractivity contribution in [2.24, 2.45) is 0 Å². The van der Waals surface area contributed by atoms with E-state index in [1.54, 1.807) is 18.9 Å². The summed E-state index contributed by atoms with van der Waals surface area (Å²) < 4.78 is 12.2. The van der Waals surface area contributed by atoms with E-state index in [4.69, 9.17) is 9.26 Å². The topological polar surface area (TPSA) is 66.0 Å². The number of fused-ring (bicyclic) bond motifs is 1. The zero-order chi connectivity index (χ0) is 14.7. The lowest BCUT2D eigenvalue weighted by atomic mass is 10.3. The summed E-state index contributed by atoms with van der Waals surface area (Å²) in [5.74, 6) is 1.77. The first-order valence-electron chi connectivity index (χ1n) is 6.70. The largest absolute Gasteiger partial charge is 0.375 e. The Morgan fingerprint density at radius 2 is 2.14 bits per heavy atom. The molecule has 0 aliphatic carbocycles. The Bertz CT molecular complexity index is 737. The van der Waals surface area contributed by atoms with Crippen LogP contribution in [0, 0.1) is 0 Å². The first kappa shape index (κ1) is 14.1. The summed E-state index contributed by atoms with van der Waals surface area (Å²) in [5, 5.41) is 4.90. The molecule has 0 bridgehead atoms. The van der Waals surface area contributed by atoms with Crippen LogP contribution in [-0.2, 0) is 23.6 Å². The number of methoxy groups -OCH3 is 1. The molecule has 2 heterocycles. The number of imidazole rings is 1. The normalized spacial score (nSPS) is 11.3. The minimum atomic E-state index is 0.338. The number of thioether (sulfide) groups is 1. The van der Waals surface area contributed by atoms with E-state index in [1.165, 1.54) is 0 Å². The molecule has 2 aromatic heterocycles. The molecule has 3 aromatic rings. The van der Waals surface area contributed by atoms with Gasteiger partial charge in [0.15, 0.2) is 11.0 Å². The molecule has 110 valence electrons. The third kappa shape index (κ3) is 2.93. The van der Waals surface area contributed by atoms with Gasteiger partial charge >= 0.3 is 0 Å². The van der Waals surface area contributed by atoms with Crippen LogP contribution < -0.4 is 0 Å². The second-order valence-corrected chi connectivity index (χ2v) is 5.40. The van der Waals surface area contributed by atoms with Crippen LogP contribution in [0.15, 0.2) is 33.9 Å². The smallest absolute Gasteiger partial charge is 0.252 e. The Morgan fingerprint density at radius 1 is 1.29 bits per heavy atom. The van der Waals surface area contributed by atoms with E-state index in [9.17, 15) is 0 Å². The average molecular weight is 304 g/mol. The first-order valence-corrected chi connectivity index (χ1v) is 7.69. The predicted octanol–water partition coefficient (Wildman–Crippen LogP) is 2.88. The summed E-state index contributed by atoms with van der Waals surface area (Å²) in [5.41, 5.74) is 2.16. The van der Waals surface area contributed by atoms with Gasteiger partial charge in [-0.15, -0.1) is 0 Å². The van der Waals surface area contributed by atoms with Crippen LogP contribution in [0.25, 0.3) is 11.0 Å². The Labute approximate surface area is 126 Å². The van der Waals surface area contributed by atoms with Gasteiger partial charge in [-0.05, 0) is 19.1 Å². The molecule has 6 nitrogen and oxygen atoms in total. The molecule has 0 aliphatic heterocycles. The Balaban J connectivity index is 1.77. The minimum Gasteiger partial charge on any atom is -0.375 e. The van der Waals surface area contributed by atoms with Gasteiger partial charge in [0.2, 0.25) is 0 Å². The molecule has 0 unspecified atom stereocenters. The van der Waals surface area contributed by atoms with Crippen molar-refractivity contribution < 1.29 is 9.26 Å². The highest BCUT2D eigenvalue weighted by molar-refractivity contribution is 7.98. The first-order chi connectivity index (χ1) is 10.3. The maximum absolute atomic E-state index is 5.08. The molecule has 21 heavy (non-hydrogen) atoms. The van der Waals surface area contributed by atoms with Crippen molar-refractivity contribution in [3.63, 3.8) is 0 Å². The molecule has 0 atom stereocenters. The van der Waals surface area contributed by atoms with Gasteiger partial charge < -0.3 is 13.8 Å². The van der Waals surface area contributed by atoms with Crippen molar-refractivity contribution in [3.05, 3.63) is 36.0 Å². The van der Waals surface area contributed by atoms with Gasteiger partial charge in [0.25, 0.3) is 5.89 Å². The van der Waals surface area contributed by atoms with Crippen molar-refractivity contribution in [3.8, 4) is 0 Å². The van der Waals surface area contributed by atoms with Crippen LogP contribution in [0.3, 0.4) is 0 Å². The maximum atomic E-state index is 5.08. The standard InChI is InChI=1S/C14H16N4O2S/c1-3-18-11-7-5-4-6-10(11)15-14(18)21-9-12-16-13(8-19-2)20-17-12/h4-7H,3,8-9H2,1-2H3. The highest BCUT2D eigenvalue weighted by atomic mass is 32.2. The second kappa shape index (κ2) is 6.28. The van der Waals surface area contributed by atoms with E-state index in [-0.39, 0.29) is 0 Å². The summed E-state index contributed by atoms with van der Waals surface area (Å²) in [6.07, 6.45) is 0. The highest BCUT2D eigenvalue weighted by Crippen LogP contribution is 2.26. The fourth-order valence-corrected chi connectivity index (χ4v) is 3.05. The maximum Gasteiger partial charge on any atom is 0.252 e. The molecule has 0 amide bonds. The zero-order valence-corrected chi connectivity index (χ0v) is 12.8. The van der Waals surface area contributed by atoms with Gasteiger partial charge in [-0.25, -0.2) is 4.98 Å². The van der Waals surface area contributed by atoms with Crippen LogP contribution in [0.4, 0.5) is 0 Å². The number of rotatable bonds is 6. The minimum absolute atomic E-state index is 0.338. The fourth-order valence-electron chi connectivity index (χ4n) is 2.13. The molecule has 0 fully saturated rings. The number of nitrogens with zero attached hydrogens (tertiary/aromatic N) is 4. The van der Waals surface area contributed by atoms with E-state index < -0.39 is 0 Å². The predicted molar refractivity (Wildman–Crippen MR) is 80.0 cm³/mol. The van der Waals surface area contributed by atoms with E-state index in [0.29, 0.717) is 24.1 Å². The molecule has 0 aliphatic rings. The van der Waals surface area contributed by atoms with Gasteiger partial charge in [0.1, 0.15) is 6.61 Å². The molecule has 0 saturated carbocycles. The third-order valence-electron chi connectivity index (χ3n) is 3.04. The van der Waals surface area contributed by atoms with Gasteiger partial charge in [0.05, 0.1) is 16.8 Å². The van der Waals surface area contributed by atoms with Crippen molar-refractivity contribution in [1.82, 2.24) is 19.7 Å². The summed E-state index contributed by atoms with van der Waals surface area (Å²) in [4.78, 5) is 8.92. The van der Waals surface area contributed by atoms with Gasteiger partial charge in [-0.2, -0.15) is 4.98 Å². The molecule has 1 aromatic carbocycles. The Morgan fingerprint density at radius 3 is 2.95 bits per heavy atom. The van der Waals surface area contributed by atoms with Crippen molar-refractivity contribution in [2.45, 2.75) is 31.0 Å². The van der Waals surface area contributed by atoms with Crippen LogP contribution in [0.2, 0.25) is 0 Å². The third-order valence-corrected chi connectivity index (χ3v) is 4.02. The lowest BCUT2D eigenvalue weighted by Gasteiger charge is -2.03. The SMILES string of the molecule is CCn1c(SCc2noc(COC)n2)nc2ccccc21. The monoisotopic (exact) mass is 304 g/mol. The van der Waals surface area contributed by atoms with E-state index >= 15 is 0 Å². The van der Waals surface area contributed by atoms with Crippen LogP contribution in [0.1, 0.15) is 18.6 Å². The van der Waals surface area contributed by atoms with Gasteiger partial charge in [0, 0.05) is 13.7 Å². The summed E-state index contributed by atoms with van der Waals surface area (Å²) >= 11 is 1.61. The number of aryl methyl sites for hydroxylation is 1. The van der Waals surface area contributed by atoms with Crippen molar-refractivity contribution >= 4 is 22.8 Å². The molecule has 0 N–H and O–H groups in total. The molecule has 7 heteroatoms. The summed E-state index contributed by atoms with van der Waals surface area (Å²) in [6.45, 7) is 3.33. The van der Waals surface area contributed by atoms with Crippen molar-refractivity contribution in [2.75, 3.05) is 7.11 Å². The lowest BCUT2D eigenvalue weighted by Crippen LogP contribution is -1.97. The number of benzene rings is 1. The number of para-hydroxylation sites is 2. The second-order valence-electron chi connectivity index (χ2n) is 4.45. The molecule has 0 spiro atoms. The molecule has 3 rings (SSSR count). The number of ether oxygens (including phenoxy) is 1. The number of aromatic nitrogens is 4. The van der Waals surface area contributed by atoms with Gasteiger partial charge in [-0.1, -0.05) is 29.1 Å². The molecule has 0 saturated heterocycles. The van der Waals surface area contributed by atoms with Gasteiger partial charge in [-0.3, -0.25) is 0 Å². The number of hydrogen-bond acceptors (Lipinski definition) is 6. The number of hydrogen-bond donors (Lipinski definition) is 0. The average Bonchev–Trinajstić information content (AvgIpc) is 3.09. The van der Waals surface area contributed by atoms with Crippen LogP contribution in [-0.4, -0.2) is 26.8 Å². The van der Waals surface area contributed by atoms with Crippen LogP contribution in [0.5, 0.6) is 0 Å². The zero-order valence-electron chi connectivity index (χ0n) is 11.9. The summed E-state index contributed by atoms with van der Waals surface area (Å²) in [6, 6.07) is 8.14. The Kier molecular flexibility index (Phi) is 4.21. The van der Waals surface area contributed by atoms with Crippen molar-refractivity contribution in [1.29, 1.82) is 0 Å². The molecular formula is C14H16N4O2S. The highest BCUT2D eigenvalue weighted by Gasteiger charge is 2.12. The lowest BCUT2D eigenvalue weighted by molar-refractivity contribution is 0.151.